The molecule has 3 aliphatic rings. The predicted octanol–water partition coefficient (Wildman–Crippen LogP) is 6.24. The number of imidazole rings is 1. The Morgan fingerprint density at radius 1 is 1.02 bits per heavy atom. The number of benzene rings is 2. The molecule has 0 spiro atoms. The van der Waals surface area contributed by atoms with E-state index in [9.17, 15) is 14.4 Å². The minimum Gasteiger partial charge on any atom is -0.494 e. The number of ether oxygens (including phenoxy) is 3. The largest absolute Gasteiger partial charge is 0.494 e. The van der Waals surface area contributed by atoms with Gasteiger partial charge in [-0.15, -0.1) is 0 Å². The highest BCUT2D eigenvalue weighted by Crippen LogP contribution is 2.41. The maximum atomic E-state index is 14.1. The molecule has 1 saturated heterocycles. The SMILES string of the molecule is COC(=O)CCCc1cccc2cc(-c3nc4cc(C(=O)N5C[C@H]6CC[C@@H]5[C@@H]6NC(=O)OC(C)(C)C)cc(OC)c4n3C)n(CC3CC3)c12. The molecule has 7 rings (SSSR count). The van der Waals surface area contributed by atoms with Crippen molar-refractivity contribution in [3.8, 4) is 17.3 Å². The molecule has 260 valence electrons. The molecule has 2 saturated carbocycles. The van der Waals surface area contributed by atoms with Crippen LogP contribution in [0.3, 0.4) is 0 Å². The molecule has 1 aliphatic heterocycles. The van der Waals surface area contributed by atoms with Crippen molar-refractivity contribution in [2.75, 3.05) is 20.8 Å². The lowest BCUT2D eigenvalue weighted by Gasteiger charge is -2.28. The first-order valence-corrected chi connectivity index (χ1v) is 17.5. The predicted molar refractivity (Wildman–Crippen MR) is 187 cm³/mol. The molecule has 2 amide bonds. The molecule has 3 fully saturated rings. The Bertz CT molecular complexity index is 1930. The number of likely N-dealkylation sites (tertiary alicyclic amines) is 1. The smallest absolute Gasteiger partial charge is 0.407 e. The van der Waals surface area contributed by atoms with Crippen molar-refractivity contribution in [2.45, 2.75) is 89.9 Å². The standard InChI is InChI=1S/C38H47N5O6/c1-38(2,3)49-37(46)40-32-25-15-16-28(32)43(21-25)36(45)26-17-27-34(30(19-26)47-5)41(4)35(39-27)29-18-24-11-7-9-23(10-8-12-31(44)48-6)33(24)42(29)20-22-13-14-22/h7,9,11,17-19,22,25,28,32H,8,10,12-16,20-21H2,1-6H3,(H,40,46)/t25-,28-,32-/m1/s1. The number of piperidine rings is 1. The van der Waals surface area contributed by atoms with Crippen LogP contribution in [0.25, 0.3) is 33.5 Å². The van der Waals surface area contributed by atoms with Crippen molar-refractivity contribution in [1.29, 1.82) is 0 Å². The quantitative estimate of drug-likeness (QED) is 0.199. The number of hydrogen-bond donors (Lipinski definition) is 1. The second-order valence-electron chi connectivity index (χ2n) is 14.9. The van der Waals surface area contributed by atoms with Crippen LogP contribution < -0.4 is 10.1 Å². The van der Waals surface area contributed by atoms with E-state index in [1.165, 1.54) is 31.0 Å². The fraction of sp³-hybridized carbons (Fsp3) is 0.526. The average molecular weight is 670 g/mol. The average Bonchev–Trinajstić information content (AvgIpc) is 3.39. The number of para-hydroxylation sites is 1. The van der Waals surface area contributed by atoms with Gasteiger partial charge in [0.05, 0.1) is 43.0 Å². The summed E-state index contributed by atoms with van der Waals surface area (Å²) in [6.07, 6.45) is 5.63. The molecule has 2 aliphatic carbocycles. The Kier molecular flexibility index (Phi) is 8.57. The lowest BCUT2D eigenvalue weighted by atomic mass is 10.1. The van der Waals surface area contributed by atoms with Crippen molar-refractivity contribution < 1.29 is 28.6 Å². The third kappa shape index (κ3) is 6.35. The Morgan fingerprint density at radius 3 is 2.53 bits per heavy atom. The highest BCUT2D eigenvalue weighted by atomic mass is 16.6. The number of nitrogens with zero attached hydrogens (tertiary/aromatic N) is 4. The summed E-state index contributed by atoms with van der Waals surface area (Å²) in [5.41, 5.74) is 4.84. The van der Waals surface area contributed by atoms with Crippen molar-refractivity contribution in [3.63, 3.8) is 0 Å². The van der Waals surface area contributed by atoms with Crippen LogP contribution in [-0.2, 0) is 34.3 Å². The second kappa shape index (κ2) is 12.7. The molecule has 11 heteroatoms. The molecular formula is C38H47N5O6. The molecule has 0 radical (unpaired) electrons. The van der Waals surface area contributed by atoms with Gasteiger partial charge in [-0.1, -0.05) is 18.2 Å². The van der Waals surface area contributed by atoms with E-state index in [1.807, 2.05) is 44.9 Å². The number of methoxy groups -OCH3 is 2. The third-order valence-electron chi connectivity index (χ3n) is 10.4. The first-order chi connectivity index (χ1) is 23.5. The summed E-state index contributed by atoms with van der Waals surface area (Å²) >= 11 is 0. The molecule has 2 bridgehead atoms. The summed E-state index contributed by atoms with van der Waals surface area (Å²) < 4.78 is 20.8. The number of carbonyl (C=O) groups is 3. The van der Waals surface area contributed by atoms with E-state index in [4.69, 9.17) is 19.2 Å². The van der Waals surface area contributed by atoms with Crippen molar-refractivity contribution in [2.24, 2.45) is 18.9 Å². The number of amides is 2. The Hall–Kier alpha value is -4.54. The van der Waals surface area contributed by atoms with Crippen LogP contribution in [0.1, 0.15) is 75.2 Å². The summed E-state index contributed by atoms with van der Waals surface area (Å²) in [5.74, 6) is 1.92. The number of carbonyl (C=O) groups excluding carboxylic acids is 3. The van der Waals surface area contributed by atoms with Crippen LogP contribution in [0.5, 0.6) is 5.75 Å². The van der Waals surface area contributed by atoms with Crippen LogP contribution in [0.2, 0.25) is 0 Å². The molecule has 2 aromatic heterocycles. The summed E-state index contributed by atoms with van der Waals surface area (Å²) in [6.45, 7) is 7.02. The van der Waals surface area contributed by atoms with Gasteiger partial charge in [0.2, 0.25) is 0 Å². The maximum Gasteiger partial charge on any atom is 0.407 e. The monoisotopic (exact) mass is 669 g/mol. The van der Waals surface area contributed by atoms with Gasteiger partial charge in [-0.2, -0.15) is 0 Å². The molecule has 3 atom stereocenters. The van der Waals surface area contributed by atoms with Gasteiger partial charge >= 0.3 is 12.1 Å². The van der Waals surface area contributed by atoms with E-state index >= 15 is 0 Å². The maximum absolute atomic E-state index is 14.1. The van der Waals surface area contributed by atoms with Crippen molar-refractivity contribution >= 4 is 39.9 Å². The summed E-state index contributed by atoms with van der Waals surface area (Å²) in [4.78, 5) is 45.6. The number of aromatic nitrogens is 3. The molecule has 2 aromatic carbocycles. The highest BCUT2D eigenvalue weighted by molar-refractivity contribution is 6.00. The zero-order chi connectivity index (χ0) is 34.6. The fourth-order valence-corrected chi connectivity index (χ4v) is 7.94. The number of hydrogen-bond acceptors (Lipinski definition) is 7. The fourth-order valence-electron chi connectivity index (χ4n) is 7.94. The molecular weight excluding hydrogens is 622 g/mol. The van der Waals surface area contributed by atoms with Crippen LogP contribution >= 0.6 is 0 Å². The van der Waals surface area contributed by atoms with Crippen LogP contribution in [-0.4, -0.2) is 75.4 Å². The number of fused-ring (bicyclic) bond motifs is 4. The first-order valence-electron chi connectivity index (χ1n) is 17.5. The number of alkyl carbamates (subject to hydrolysis) is 1. The van der Waals surface area contributed by atoms with E-state index in [1.54, 1.807) is 7.11 Å². The van der Waals surface area contributed by atoms with Crippen LogP contribution in [0.4, 0.5) is 4.79 Å². The van der Waals surface area contributed by atoms with E-state index in [0.717, 1.165) is 48.2 Å². The number of nitrogens with one attached hydrogen (secondary N) is 1. The van der Waals surface area contributed by atoms with E-state index < -0.39 is 11.7 Å². The zero-order valence-electron chi connectivity index (χ0n) is 29.4. The zero-order valence-corrected chi connectivity index (χ0v) is 29.4. The van der Waals surface area contributed by atoms with Gasteiger partial charge in [0.1, 0.15) is 16.9 Å². The van der Waals surface area contributed by atoms with Gasteiger partial charge < -0.3 is 33.6 Å². The first kappa shape index (κ1) is 33.0. The highest BCUT2D eigenvalue weighted by Gasteiger charge is 2.50. The van der Waals surface area contributed by atoms with E-state index in [2.05, 4.69) is 38.7 Å². The Morgan fingerprint density at radius 2 is 1.82 bits per heavy atom. The van der Waals surface area contributed by atoms with E-state index in [-0.39, 0.29) is 29.9 Å². The van der Waals surface area contributed by atoms with Gasteiger partial charge in [-0.3, -0.25) is 9.59 Å². The summed E-state index contributed by atoms with van der Waals surface area (Å²) in [5, 5.41) is 4.19. The Labute approximate surface area is 286 Å². The number of esters is 1. The Balaban J connectivity index is 1.22. The van der Waals surface area contributed by atoms with Gasteiger partial charge in [-0.05, 0) is 94.9 Å². The molecule has 0 unspecified atom stereocenters. The van der Waals surface area contributed by atoms with Crippen LogP contribution in [0.15, 0.2) is 36.4 Å². The minimum atomic E-state index is -0.592. The molecule has 11 nitrogen and oxygen atoms in total. The summed E-state index contributed by atoms with van der Waals surface area (Å²) in [6, 6.07) is 12.0. The van der Waals surface area contributed by atoms with E-state index in [0.29, 0.717) is 42.1 Å². The molecule has 4 aromatic rings. The summed E-state index contributed by atoms with van der Waals surface area (Å²) in [7, 11) is 5.05. The lowest BCUT2D eigenvalue weighted by Crippen LogP contribution is -2.46. The van der Waals surface area contributed by atoms with Gasteiger partial charge in [-0.25, -0.2) is 9.78 Å². The number of aryl methyl sites for hydroxylation is 2. The molecule has 49 heavy (non-hydrogen) atoms. The third-order valence-corrected chi connectivity index (χ3v) is 10.4. The van der Waals surface area contributed by atoms with Gasteiger partial charge in [0.15, 0.2) is 5.82 Å². The van der Waals surface area contributed by atoms with Crippen molar-refractivity contribution in [3.05, 3.63) is 47.5 Å². The topological polar surface area (TPSA) is 117 Å². The van der Waals surface area contributed by atoms with Gasteiger partial charge in [0.25, 0.3) is 5.91 Å². The molecule has 1 N–H and O–H groups in total. The normalized spacial score (nSPS) is 20.3. The van der Waals surface area contributed by atoms with Gasteiger partial charge in [0, 0.05) is 37.5 Å². The number of rotatable bonds is 10. The van der Waals surface area contributed by atoms with Crippen molar-refractivity contribution in [1.82, 2.24) is 24.3 Å². The minimum absolute atomic E-state index is 0.0879. The molecule has 3 heterocycles. The lowest BCUT2D eigenvalue weighted by molar-refractivity contribution is -0.140. The second-order valence-corrected chi connectivity index (χ2v) is 14.9. The van der Waals surface area contributed by atoms with Crippen LogP contribution in [0, 0.1) is 11.8 Å².